The van der Waals surface area contributed by atoms with Gasteiger partial charge in [0, 0.05) is 38.3 Å². The highest BCUT2D eigenvalue weighted by Gasteiger charge is 2.28. The number of nitrogens with one attached hydrogen (secondary N) is 2. The zero-order valence-electron chi connectivity index (χ0n) is 12.7. The third-order valence-electron chi connectivity index (χ3n) is 3.61. The van der Waals surface area contributed by atoms with Crippen LogP contribution in [0.5, 0.6) is 0 Å². The summed E-state index contributed by atoms with van der Waals surface area (Å²) in [5, 5.41) is 6.17. The Morgan fingerprint density at radius 3 is 2.81 bits per heavy atom. The summed E-state index contributed by atoms with van der Waals surface area (Å²) in [7, 11) is 0. The number of amides is 2. The zero-order valence-corrected chi connectivity index (χ0v) is 12.7. The fourth-order valence-electron chi connectivity index (χ4n) is 2.60. The van der Waals surface area contributed by atoms with Gasteiger partial charge in [-0.05, 0) is 25.0 Å². The molecular formula is C16H23N3O2. The Balaban J connectivity index is 2.05. The molecule has 1 aromatic carbocycles. The molecule has 5 nitrogen and oxygen atoms in total. The molecule has 5 heteroatoms. The van der Waals surface area contributed by atoms with Crippen molar-refractivity contribution in [2.45, 2.75) is 32.7 Å². The van der Waals surface area contributed by atoms with Crippen molar-refractivity contribution in [3.05, 3.63) is 29.8 Å². The first-order valence-corrected chi connectivity index (χ1v) is 7.51. The highest BCUT2D eigenvalue weighted by molar-refractivity contribution is 5.99. The number of para-hydroxylation sites is 1. The first-order valence-electron chi connectivity index (χ1n) is 7.51. The van der Waals surface area contributed by atoms with Crippen LogP contribution in [0.1, 0.15) is 37.0 Å². The molecule has 2 N–H and O–H groups in total. The first-order chi connectivity index (χ1) is 10.1. The molecule has 0 spiro atoms. The van der Waals surface area contributed by atoms with Crippen molar-refractivity contribution in [2.75, 3.05) is 25.0 Å². The van der Waals surface area contributed by atoms with Gasteiger partial charge in [-0.1, -0.05) is 19.1 Å². The lowest BCUT2D eigenvalue weighted by Crippen LogP contribution is -2.37. The van der Waals surface area contributed by atoms with E-state index < -0.39 is 0 Å². The molecule has 114 valence electrons. The Kier molecular flexibility index (Phi) is 5.20. The lowest BCUT2D eigenvalue weighted by Gasteiger charge is -2.19. The normalized spacial score (nSPS) is 17.6. The van der Waals surface area contributed by atoms with Crippen LogP contribution in [-0.4, -0.2) is 42.4 Å². The number of benzene rings is 1. The maximum absolute atomic E-state index is 12.6. The second kappa shape index (κ2) is 7.11. The van der Waals surface area contributed by atoms with Crippen LogP contribution < -0.4 is 10.6 Å². The first kappa shape index (κ1) is 15.4. The van der Waals surface area contributed by atoms with Crippen molar-refractivity contribution in [1.29, 1.82) is 0 Å². The topological polar surface area (TPSA) is 61.4 Å². The summed E-state index contributed by atoms with van der Waals surface area (Å²) in [5.74, 6) is -0.0126. The number of likely N-dealkylation sites (tertiary alicyclic amines) is 1. The maximum Gasteiger partial charge on any atom is 0.256 e. The number of carbonyl (C=O) groups excluding carboxylic acids is 2. The van der Waals surface area contributed by atoms with Crippen LogP contribution in [0.15, 0.2) is 24.3 Å². The molecule has 21 heavy (non-hydrogen) atoms. The number of hydrogen-bond donors (Lipinski definition) is 2. The van der Waals surface area contributed by atoms with Crippen molar-refractivity contribution < 1.29 is 9.59 Å². The van der Waals surface area contributed by atoms with Crippen molar-refractivity contribution in [3.63, 3.8) is 0 Å². The molecule has 1 heterocycles. The number of anilines is 1. The van der Waals surface area contributed by atoms with Crippen molar-refractivity contribution in [3.8, 4) is 0 Å². The van der Waals surface area contributed by atoms with Crippen LogP contribution >= 0.6 is 0 Å². The fourth-order valence-corrected chi connectivity index (χ4v) is 2.60. The van der Waals surface area contributed by atoms with Gasteiger partial charge in [-0.25, -0.2) is 0 Å². The average molecular weight is 289 g/mol. The van der Waals surface area contributed by atoms with Gasteiger partial charge in [0.05, 0.1) is 5.56 Å². The monoisotopic (exact) mass is 289 g/mol. The summed E-state index contributed by atoms with van der Waals surface area (Å²) in [6.45, 7) is 5.72. The third-order valence-corrected chi connectivity index (χ3v) is 3.61. The Labute approximate surface area is 125 Å². The molecule has 1 saturated heterocycles. The van der Waals surface area contributed by atoms with Gasteiger partial charge < -0.3 is 15.5 Å². The Morgan fingerprint density at radius 1 is 1.33 bits per heavy atom. The largest absolute Gasteiger partial charge is 0.384 e. The van der Waals surface area contributed by atoms with E-state index in [0.717, 1.165) is 25.1 Å². The quantitative estimate of drug-likeness (QED) is 0.870. The van der Waals surface area contributed by atoms with Crippen molar-refractivity contribution in [1.82, 2.24) is 10.2 Å². The third kappa shape index (κ3) is 3.97. The average Bonchev–Trinajstić information content (AvgIpc) is 2.92. The smallest absolute Gasteiger partial charge is 0.256 e. The van der Waals surface area contributed by atoms with E-state index in [1.807, 2.05) is 29.2 Å². The molecule has 1 fully saturated rings. The van der Waals surface area contributed by atoms with E-state index in [4.69, 9.17) is 0 Å². The molecule has 0 bridgehead atoms. The minimum atomic E-state index is -0.0423. The summed E-state index contributed by atoms with van der Waals surface area (Å²) in [4.78, 5) is 25.5. The zero-order chi connectivity index (χ0) is 15.2. The molecule has 2 rings (SSSR count). The van der Waals surface area contributed by atoms with Crippen molar-refractivity contribution >= 4 is 17.5 Å². The van der Waals surface area contributed by atoms with Crippen LogP contribution in [-0.2, 0) is 4.79 Å². The Bertz CT molecular complexity index is 516. The van der Waals surface area contributed by atoms with Gasteiger partial charge in [0.25, 0.3) is 5.91 Å². The standard InChI is InChI=1S/C16H23N3O2/c1-3-9-17-15-7-5-4-6-14(15)16(21)19-10-8-13(11-19)18-12(2)20/h4-7,13,17H,3,8-11H2,1-2H3,(H,18,20). The molecular weight excluding hydrogens is 266 g/mol. The van der Waals surface area contributed by atoms with Gasteiger partial charge in [0.1, 0.15) is 0 Å². The summed E-state index contributed by atoms with van der Waals surface area (Å²) in [6.07, 6.45) is 1.83. The SMILES string of the molecule is CCCNc1ccccc1C(=O)N1CCC(NC(C)=O)C1. The van der Waals surface area contributed by atoms with Gasteiger partial charge >= 0.3 is 0 Å². The maximum atomic E-state index is 12.6. The van der Waals surface area contributed by atoms with Gasteiger partial charge in [-0.2, -0.15) is 0 Å². The molecule has 0 radical (unpaired) electrons. The molecule has 1 unspecified atom stereocenters. The lowest BCUT2D eigenvalue weighted by atomic mass is 10.1. The molecule has 2 amide bonds. The van der Waals surface area contributed by atoms with E-state index in [9.17, 15) is 9.59 Å². The lowest BCUT2D eigenvalue weighted by molar-refractivity contribution is -0.119. The highest BCUT2D eigenvalue weighted by Crippen LogP contribution is 2.20. The summed E-state index contributed by atoms with van der Waals surface area (Å²) >= 11 is 0. The molecule has 1 aliphatic rings. The molecule has 1 atom stereocenters. The molecule has 0 saturated carbocycles. The van der Waals surface area contributed by atoms with E-state index in [2.05, 4.69) is 17.6 Å². The van der Waals surface area contributed by atoms with Gasteiger partial charge in [0.2, 0.25) is 5.91 Å². The predicted octanol–water partition coefficient (Wildman–Crippen LogP) is 1.86. The summed E-state index contributed by atoms with van der Waals surface area (Å²) < 4.78 is 0. The van der Waals surface area contributed by atoms with Gasteiger partial charge in [-0.15, -0.1) is 0 Å². The number of rotatable bonds is 5. The van der Waals surface area contributed by atoms with Crippen LogP contribution in [0.4, 0.5) is 5.69 Å². The van der Waals surface area contributed by atoms with E-state index in [0.29, 0.717) is 18.7 Å². The number of nitrogens with zero attached hydrogens (tertiary/aromatic N) is 1. The van der Waals surface area contributed by atoms with Crippen LogP contribution in [0, 0.1) is 0 Å². The molecule has 0 aromatic heterocycles. The van der Waals surface area contributed by atoms with Crippen LogP contribution in [0.25, 0.3) is 0 Å². The second-order valence-corrected chi connectivity index (χ2v) is 5.41. The van der Waals surface area contributed by atoms with Gasteiger partial charge in [0.15, 0.2) is 0 Å². The summed E-state index contributed by atoms with van der Waals surface area (Å²) in [6, 6.07) is 7.67. The summed E-state index contributed by atoms with van der Waals surface area (Å²) in [5.41, 5.74) is 1.58. The fraction of sp³-hybridized carbons (Fsp3) is 0.500. The minimum absolute atomic E-state index is 0.0297. The van der Waals surface area contributed by atoms with Crippen molar-refractivity contribution in [2.24, 2.45) is 0 Å². The van der Waals surface area contributed by atoms with E-state index in [-0.39, 0.29) is 17.9 Å². The Morgan fingerprint density at radius 2 is 2.10 bits per heavy atom. The second-order valence-electron chi connectivity index (χ2n) is 5.41. The van der Waals surface area contributed by atoms with E-state index in [1.165, 1.54) is 6.92 Å². The molecule has 0 aliphatic carbocycles. The van der Waals surface area contributed by atoms with Crippen LogP contribution in [0.2, 0.25) is 0 Å². The molecule has 1 aromatic rings. The predicted molar refractivity (Wildman–Crippen MR) is 83.3 cm³/mol. The number of carbonyl (C=O) groups is 2. The molecule has 1 aliphatic heterocycles. The highest BCUT2D eigenvalue weighted by atomic mass is 16.2. The van der Waals surface area contributed by atoms with E-state index in [1.54, 1.807) is 0 Å². The van der Waals surface area contributed by atoms with Gasteiger partial charge in [-0.3, -0.25) is 9.59 Å². The van der Waals surface area contributed by atoms with E-state index >= 15 is 0 Å². The van der Waals surface area contributed by atoms with Crippen LogP contribution in [0.3, 0.4) is 0 Å². The number of hydrogen-bond acceptors (Lipinski definition) is 3. The Hall–Kier alpha value is -2.04. The minimum Gasteiger partial charge on any atom is -0.384 e.